The lowest BCUT2D eigenvalue weighted by atomic mass is 9.88. The van der Waals surface area contributed by atoms with Gasteiger partial charge < -0.3 is 24.4 Å². The van der Waals surface area contributed by atoms with Crippen molar-refractivity contribution in [2.45, 2.75) is 31.7 Å². The number of fused-ring (bicyclic) bond motifs is 1. The fourth-order valence-electron chi connectivity index (χ4n) is 7.00. The molecule has 1 saturated heterocycles. The summed E-state index contributed by atoms with van der Waals surface area (Å²) in [5, 5.41) is 5.33. The number of amides is 5. The number of anilines is 1. The fraction of sp³-hybridized carbons (Fsp3) is 0.311. The molecular weight excluding hydrogens is 760 g/mol. The molecule has 0 aliphatic carbocycles. The third kappa shape index (κ3) is 10.4. The van der Waals surface area contributed by atoms with Crippen molar-refractivity contribution in [3.8, 4) is 5.75 Å². The summed E-state index contributed by atoms with van der Waals surface area (Å²) in [7, 11) is 1.74. The Bertz CT molecular complexity index is 2110. The number of nitrogens with zero attached hydrogens (tertiary/aromatic N) is 2. The van der Waals surface area contributed by atoms with Gasteiger partial charge in [0.25, 0.3) is 11.8 Å². The molecule has 0 aromatic heterocycles. The number of hydrogen-bond donors (Lipinski definition) is 2. The number of hydrogen-bond acceptors (Lipinski definition) is 9. The van der Waals surface area contributed by atoms with E-state index in [4.69, 9.17) is 25.8 Å². The first-order valence-corrected chi connectivity index (χ1v) is 19.9. The Balaban J connectivity index is 0.880. The fourth-order valence-corrected chi connectivity index (χ4v) is 7.19. The number of piperidine rings is 1. The van der Waals surface area contributed by atoms with Crippen LogP contribution >= 0.6 is 11.6 Å². The zero-order chi connectivity index (χ0) is 40.9. The van der Waals surface area contributed by atoms with Crippen LogP contribution in [0.15, 0.2) is 103 Å². The standard InChI is InChI=1S/C45H47ClN4O8/c1-49(25-28-58-34-17-15-33(16-18-34)41(32-11-6-3-7-12-32)35(21-23-46)31-9-4-2-5-10-31)40(52)22-26-56-29-30-57-27-24-47-37-14-8-13-36-42(37)45(55)50(44(36)54)38-19-20-39(51)48-43(38)53/h2-18,38,47H,19-30H2,1H3,(H,48,51,53)/b41-35-. The molecular formula is C45H47ClN4O8. The van der Waals surface area contributed by atoms with Crippen LogP contribution in [-0.2, 0) is 23.9 Å². The van der Waals surface area contributed by atoms with E-state index in [9.17, 15) is 24.0 Å². The number of rotatable bonds is 20. The van der Waals surface area contributed by atoms with E-state index in [-0.39, 0.29) is 42.9 Å². The maximum Gasteiger partial charge on any atom is 0.264 e. The van der Waals surface area contributed by atoms with Crippen LogP contribution in [0.25, 0.3) is 11.1 Å². The van der Waals surface area contributed by atoms with Gasteiger partial charge in [-0.3, -0.25) is 34.2 Å². The molecule has 6 rings (SSSR count). The Kier molecular flexibility index (Phi) is 14.8. The average Bonchev–Trinajstić information content (AvgIpc) is 3.50. The quantitative estimate of drug-likeness (QED) is 0.0473. The molecule has 5 amide bonds. The van der Waals surface area contributed by atoms with E-state index in [1.165, 1.54) is 5.57 Å². The lowest BCUT2D eigenvalue weighted by Crippen LogP contribution is -2.54. The van der Waals surface area contributed by atoms with Crippen molar-refractivity contribution >= 4 is 58.0 Å². The third-order valence-corrected chi connectivity index (χ3v) is 10.1. The summed E-state index contributed by atoms with van der Waals surface area (Å²) in [6.07, 6.45) is 1.08. The Morgan fingerprint density at radius 1 is 0.776 bits per heavy atom. The highest BCUT2D eigenvalue weighted by Gasteiger charge is 2.45. The molecule has 4 aromatic rings. The maximum atomic E-state index is 13.2. The molecule has 2 aliphatic rings. The second-order valence-corrected chi connectivity index (χ2v) is 14.2. The Morgan fingerprint density at radius 2 is 1.45 bits per heavy atom. The molecule has 2 heterocycles. The average molecular weight is 807 g/mol. The van der Waals surface area contributed by atoms with Crippen LogP contribution in [0, 0.1) is 0 Å². The first kappa shape index (κ1) is 41.8. The predicted octanol–water partition coefficient (Wildman–Crippen LogP) is 6.05. The van der Waals surface area contributed by atoms with Gasteiger partial charge in [0.05, 0.1) is 50.5 Å². The maximum absolute atomic E-state index is 13.2. The first-order valence-electron chi connectivity index (χ1n) is 19.4. The van der Waals surface area contributed by atoms with Crippen molar-refractivity contribution in [1.82, 2.24) is 15.1 Å². The molecule has 4 aromatic carbocycles. The van der Waals surface area contributed by atoms with Gasteiger partial charge in [-0.1, -0.05) is 78.9 Å². The van der Waals surface area contributed by atoms with Crippen LogP contribution < -0.4 is 15.4 Å². The number of benzene rings is 4. The molecule has 0 saturated carbocycles. The van der Waals surface area contributed by atoms with Crippen LogP contribution in [-0.4, -0.2) is 104 Å². The molecule has 58 heavy (non-hydrogen) atoms. The smallest absolute Gasteiger partial charge is 0.264 e. The van der Waals surface area contributed by atoms with Crippen LogP contribution in [0.5, 0.6) is 5.75 Å². The molecule has 1 fully saturated rings. The minimum atomic E-state index is -1.03. The lowest BCUT2D eigenvalue weighted by Gasteiger charge is -2.27. The van der Waals surface area contributed by atoms with Crippen molar-refractivity contribution in [3.63, 3.8) is 0 Å². The summed E-state index contributed by atoms with van der Waals surface area (Å²) < 4.78 is 17.3. The highest BCUT2D eigenvalue weighted by molar-refractivity contribution is 6.25. The number of halogens is 1. The molecule has 12 nitrogen and oxygen atoms in total. The predicted molar refractivity (Wildman–Crippen MR) is 222 cm³/mol. The number of allylic oxidation sites excluding steroid dienone is 1. The van der Waals surface area contributed by atoms with Gasteiger partial charge in [0.15, 0.2) is 0 Å². The molecule has 0 spiro atoms. The summed E-state index contributed by atoms with van der Waals surface area (Å²) in [5.41, 5.74) is 6.46. The first-order chi connectivity index (χ1) is 28.3. The van der Waals surface area contributed by atoms with E-state index in [1.54, 1.807) is 30.1 Å². The van der Waals surface area contributed by atoms with Crippen molar-refractivity contribution in [2.24, 2.45) is 0 Å². The van der Waals surface area contributed by atoms with Crippen molar-refractivity contribution < 1.29 is 38.2 Å². The van der Waals surface area contributed by atoms with E-state index in [1.807, 2.05) is 48.5 Å². The van der Waals surface area contributed by atoms with Gasteiger partial charge in [-0.15, -0.1) is 11.6 Å². The monoisotopic (exact) mass is 806 g/mol. The second-order valence-electron chi connectivity index (χ2n) is 13.8. The number of alkyl halides is 1. The van der Waals surface area contributed by atoms with Crippen molar-refractivity contribution in [3.05, 3.63) is 131 Å². The van der Waals surface area contributed by atoms with Crippen molar-refractivity contribution in [1.29, 1.82) is 0 Å². The Hall–Kier alpha value is -5.82. The number of carbonyl (C=O) groups is 5. The molecule has 1 unspecified atom stereocenters. The van der Waals surface area contributed by atoms with Gasteiger partial charge in [-0.25, -0.2) is 0 Å². The molecule has 0 bridgehead atoms. The van der Waals surface area contributed by atoms with Gasteiger partial charge in [0.2, 0.25) is 17.7 Å². The minimum absolute atomic E-state index is 0.0543. The summed E-state index contributed by atoms with van der Waals surface area (Å²) in [6.45, 7) is 2.24. The van der Waals surface area contributed by atoms with E-state index < -0.39 is 29.7 Å². The molecule has 2 aliphatic heterocycles. The molecule has 302 valence electrons. The van der Waals surface area contributed by atoms with Crippen molar-refractivity contribution in [2.75, 3.05) is 64.4 Å². The SMILES string of the molecule is CN(CCOc1ccc(/C(=C(/CCCl)c2ccccc2)c2ccccc2)cc1)C(=O)CCOCCOCCNc1cccc2c1C(=O)N(C1CCC(=O)NC1=O)C2=O. The molecule has 1 atom stereocenters. The number of likely N-dealkylation sites (N-methyl/N-ethyl adjacent to an activating group) is 1. The summed E-state index contributed by atoms with van der Waals surface area (Å²) >= 11 is 6.29. The minimum Gasteiger partial charge on any atom is -0.492 e. The largest absolute Gasteiger partial charge is 0.492 e. The van der Waals surface area contributed by atoms with E-state index >= 15 is 0 Å². The van der Waals surface area contributed by atoms with Crippen LogP contribution in [0.4, 0.5) is 5.69 Å². The molecule has 2 N–H and O–H groups in total. The van der Waals surface area contributed by atoms with Gasteiger partial charge in [-0.2, -0.15) is 0 Å². The Labute approximate surface area is 343 Å². The molecule has 13 heteroatoms. The van der Waals surface area contributed by atoms with Gasteiger partial charge in [-0.05, 0) is 64.9 Å². The number of carbonyl (C=O) groups excluding carboxylic acids is 5. The van der Waals surface area contributed by atoms with Gasteiger partial charge in [0.1, 0.15) is 18.4 Å². The molecule has 0 radical (unpaired) electrons. The zero-order valence-corrected chi connectivity index (χ0v) is 33.2. The normalized spacial score (nSPS) is 15.5. The summed E-state index contributed by atoms with van der Waals surface area (Å²) in [5.74, 6) is -1.07. The zero-order valence-electron chi connectivity index (χ0n) is 32.4. The highest BCUT2D eigenvalue weighted by atomic mass is 35.5. The number of ether oxygens (including phenoxy) is 3. The Morgan fingerprint density at radius 3 is 2.14 bits per heavy atom. The second kappa shape index (κ2) is 20.6. The van der Waals surface area contributed by atoms with Crippen LogP contribution in [0.1, 0.15) is 63.1 Å². The third-order valence-electron chi connectivity index (χ3n) is 9.96. The van der Waals surface area contributed by atoms with Crippen LogP contribution in [0.3, 0.4) is 0 Å². The summed E-state index contributed by atoms with van der Waals surface area (Å²) in [4.78, 5) is 65.5. The van der Waals surface area contributed by atoms with Gasteiger partial charge in [0, 0.05) is 31.6 Å². The summed E-state index contributed by atoms with van der Waals surface area (Å²) in [6, 6.07) is 32.5. The lowest BCUT2D eigenvalue weighted by molar-refractivity contribution is -0.136. The van der Waals surface area contributed by atoms with E-state index in [0.29, 0.717) is 56.8 Å². The topological polar surface area (TPSA) is 144 Å². The number of imide groups is 2. The van der Waals surface area contributed by atoms with Crippen LogP contribution in [0.2, 0.25) is 0 Å². The van der Waals surface area contributed by atoms with Gasteiger partial charge >= 0.3 is 0 Å². The van der Waals surface area contributed by atoms with E-state index in [2.05, 4.69) is 47.0 Å². The van der Waals surface area contributed by atoms with E-state index in [0.717, 1.165) is 33.6 Å². The number of nitrogens with one attached hydrogen (secondary N) is 2. The highest BCUT2D eigenvalue weighted by Crippen LogP contribution is 2.36.